The second kappa shape index (κ2) is 10.1. The Balaban J connectivity index is 1.08. The van der Waals surface area contributed by atoms with Gasteiger partial charge in [0.2, 0.25) is 0 Å². The first-order valence-electron chi connectivity index (χ1n) is 15.9. The molecule has 3 heteroatoms. The van der Waals surface area contributed by atoms with Gasteiger partial charge >= 0.3 is 0 Å². The van der Waals surface area contributed by atoms with E-state index in [0.29, 0.717) is 0 Å². The molecule has 0 fully saturated rings. The fourth-order valence-corrected chi connectivity index (χ4v) is 7.20. The lowest BCUT2D eigenvalue weighted by atomic mass is 9.96. The third kappa shape index (κ3) is 4.07. The van der Waals surface area contributed by atoms with Crippen molar-refractivity contribution in [2.45, 2.75) is 0 Å². The second-order valence-corrected chi connectivity index (χ2v) is 12.2. The molecule has 10 rings (SSSR count). The average molecular weight is 599 g/mol. The molecular formula is C44H26N2O. The van der Waals surface area contributed by atoms with Gasteiger partial charge in [0, 0.05) is 32.7 Å². The molecule has 0 spiro atoms. The summed E-state index contributed by atoms with van der Waals surface area (Å²) in [6.07, 6.45) is 1.91. The average Bonchev–Trinajstić information content (AvgIpc) is 3.51. The SMILES string of the molecule is c1cc(-c2cccc(-c3cccc4c3oc3cc5ccccc5cc34)c2)cc(-c2cnc3c4ccccc4c4ccccc4c3n2)c1. The number of benzene rings is 8. The third-order valence-corrected chi connectivity index (χ3v) is 9.46. The van der Waals surface area contributed by atoms with Crippen molar-refractivity contribution in [3.63, 3.8) is 0 Å². The molecule has 47 heavy (non-hydrogen) atoms. The van der Waals surface area contributed by atoms with Crippen molar-refractivity contribution in [3.8, 4) is 33.5 Å². The number of hydrogen-bond acceptors (Lipinski definition) is 3. The fourth-order valence-electron chi connectivity index (χ4n) is 7.20. The highest BCUT2D eigenvalue weighted by atomic mass is 16.3. The van der Waals surface area contributed by atoms with Gasteiger partial charge in [0.05, 0.1) is 22.9 Å². The first-order valence-corrected chi connectivity index (χ1v) is 15.9. The molecule has 0 aliphatic carbocycles. The normalized spacial score (nSPS) is 11.8. The minimum absolute atomic E-state index is 0.857. The zero-order valence-electron chi connectivity index (χ0n) is 25.3. The van der Waals surface area contributed by atoms with Gasteiger partial charge in [-0.05, 0) is 62.5 Å². The largest absolute Gasteiger partial charge is 0.455 e. The van der Waals surface area contributed by atoms with Crippen molar-refractivity contribution in [2.24, 2.45) is 0 Å². The van der Waals surface area contributed by atoms with Gasteiger partial charge in [-0.3, -0.25) is 4.98 Å². The maximum absolute atomic E-state index is 6.55. The molecule has 0 amide bonds. The predicted octanol–water partition coefficient (Wildman–Crippen LogP) is 12.0. The molecule has 0 atom stereocenters. The van der Waals surface area contributed by atoms with Crippen LogP contribution in [0.15, 0.2) is 162 Å². The summed E-state index contributed by atoms with van der Waals surface area (Å²) in [7, 11) is 0. The van der Waals surface area contributed by atoms with Crippen LogP contribution in [-0.2, 0) is 0 Å². The third-order valence-electron chi connectivity index (χ3n) is 9.46. The van der Waals surface area contributed by atoms with Crippen molar-refractivity contribution in [2.75, 3.05) is 0 Å². The van der Waals surface area contributed by atoms with Crippen LogP contribution >= 0.6 is 0 Å². The van der Waals surface area contributed by atoms with Crippen LogP contribution in [0.1, 0.15) is 0 Å². The molecule has 2 heterocycles. The lowest BCUT2D eigenvalue weighted by Crippen LogP contribution is -1.92. The van der Waals surface area contributed by atoms with Crippen LogP contribution in [0.5, 0.6) is 0 Å². The first kappa shape index (κ1) is 26.0. The molecule has 0 aliphatic rings. The van der Waals surface area contributed by atoms with E-state index >= 15 is 0 Å². The van der Waals surface area contributed by atoms with Crippen molar-refractivity contribution in [3.05, 3.63) is 158 Å². The zero-order chi connectivity index (χ0) is 30.9. The number of hydrogen-bond donors (Lipinski definition) is 0. The van der Waals surface area contributed by atoms with Crippen LogP contribution in [-0.4, -0.2) is 9.97 Å². The van der Waals surface area contributed by atoms with Gasteiger partial charge in [0.25, 0.3) is 0 Å². The number of aromatic nitrogens is 2. The Kier molecular flexibility index (Phi) is 5.57. The Morgan fingerprint density at radius 2 is 0.979 bits per heavy atom. The van der Waals surface area contributed by atoms with Crippen LogP contribution in [0.2, 0.25) is 0 Å². The minimum Gasteiger partial charge on any atom is -0.455 e. The summed E-state index contributed by atoms with van der Waals surface area (Å²) >= 11 is 0. The summed E-state index contributed by atoms with van der Waals surface area (Å²) in [5.41, 5.74) is 10.0. The van der Waals surface area contributed by atoms with Crippen molar-refractivity contribution >= 4 is 65.3 Å². The smallest absolute Gasteiger partial charge is 0.143 e. The fraction of sp³-hybridized carbons (Fsp3) is 0. The van der Waals surface area contributed by atoms with E-state index in [1.165, 1.54) is 21.5 Å². The van der Waals surface area contributed by atoms with Gasteiger partial charge in [0.1, 0.15) is 11.2 Å². The van der Waals surface area contributed by atoms with E-state index in [1.807, 2.05) is 6.20 Å². The van der Waals surface area contributed by atoms with Gasteiger partial charge in [-0.1, -0.05) is 127 Å². The van der Waals surface area contributed by atoms with E-state index in [9.17, 15) is 0 Å². The summed E-state index contributed by atoms with van der Waals surface area (Å²) in [5, 5.41) is 9.30. The molecule has 218 valence electrons. The maximum atomic E-state index is 6.55. The van der Waals surface area contributed by atoms with Crippen LogP contribution < -0.4 is 0 Å². The van der Waals surface area contributed by atoms with Crippen LogP contribution in [0, 0.1) is 0 Å². The van der Waals surface area contributed by atoms with Gasteiger partial charge in [0.15, 0.2) is 0 Å². The highest BCUT2D eigenvalue weighted by Gasteiger charge is 2.15. The topological polar surface area (TPSA) is 38.9 Å². The molecule has 3 nitrogen and oxygen atoms in total. The molecule has 0 radical (unpaired) electrons. The predicted molar refractivity (Wildman–Crippen MR) is 196 cm³/mol. The molecule has 0 N–H and O–H groups in total. The lowest BCUT2D eigenvalue weighted by molar-refractivity contribution is 0.670. The Labute approximate surface area is 270 Å². The molecule has 0 aliphatic heterocycles. The van der Waals surface area contributed by atoms with E-state index < -0.39 is 0 Å². The summed E-state index contributed by atoms with van der Waals surface area (Å²) in [4.78, 5) is 10.2. The van der Waals surface area contributed by atoms with E-state index in [0.717, 1.165) is 77.3 Å². The van der Waals surface area contributed by atoms with Crippen molar-refractivity contribution in [1.29, 1.82) is 0 Å². The molecule has 0 saturated carbocycles. The van der Waals surface area contributed by atoms with E-state index in [-0.39, 0.29) is 0 Å². The summed E-state index contributed by atoms with van der Waals surface area (Å²) in [5.74, 6) is 0. The maximum Gasteiger partial charge on any atom is 0.143 e. The number of fused-ring (bicyclic) bond motifs is 10. The number of nitrogens with zero attached hydrogens (tertiary/aromatic N) is 2. The van der Waals surface area contributed by atoms with Gasteiger partial charge < -0.3 is 4.42 Å². The van der Waals surface area contributed by atoms with E-state index in [1.54, 1.807) is 0 Å². The number of rotatable bonds is 3. The Morgan fingerprint density at radius 1 is 0.404 bits per heavy atom. The van der Waals surface area contributed by atoms with E-state index in [2.05, 4.69) is 152 Å². The van der Waals surface area contributed by atoms with E-state index in [4.69, 9.17) is 14.4 Å². The molecule has 0 unspecified atom stereocenters. The highest BCUT2D eigenvalue weighted by Crippen LogP contribution is 2.39. The Hall–Kier alpha value is -6.32. The van der Waals surface area contributed by atoms with Crippen molar-refractivity contribution < 1.29 is 4.42 Å². The molecule has 8 aromatic carbocycles. The lowest BCUT2D eigenvalue weighted by Gasteiger charge is -2.11. The molecular weight excluding hydrogens is 572 g/mol. The second-order valence-electron chi connectivity index (χ2n) is 12.2. The summed E-state index contributed by atoms with van der Waals surface area (Å²) in [6.45, 7) is 0. The first-order chi connectivity index (χ1) is 23.3. The van der Waals surface area contributed by atoms with Crippen LogP contribution in [0.3, 0.4) is 0 Å². The zero-order valence-corrected chi connectivity index (χ0v) is 25.3. The quantitative estimate of drug-likeness (QED) is 0.190. The van der Waals surface area contributed by atoms with Gasteiger partial charge in [-0.25, -0.2) is 4.98 Å². The highest BCUT2D eigenvalue weighted by molar-refractivity contribution is 6.23. The summed E-state index contributed by atoms with van der Waals surface area (Å²) in [6, 6.07) is 53.5. The van der Waals surface area contributed by atoms with Gasteiger partial charge in [-0.15, -0.1) is 0 Å². The number of para-hydroxylation sites is 1. The standard InChI is InChI=1S/C44H26N2O/c1-2-11-30-25-41-39(24-29(30)10-1)38-21-9-20-33(44(38)47-41)31-14-7-12-27(22-31)28-13-8-15-32(23-28)40-26-45-42-36-18-5-3-16-34(36)35-17-4-6-19-37(35)43(42)46-40/h1-26H. The molecule has 10 aromatic rings. The van der Waals surface area contributed by atoms with Crippen molar-refractivity contribution in [1.82, 2.24) is 9.97 Å². The van der Waals surface area contributed by atoms with Crippen LogP contribution in [0.4, 0.5) is 0 Å². The molecule has 0 saturated heterocycles. The monoisotopic (exact) mass is 598 g/mol. The Bertz CT molecular complexity index is 2830. The van der Waals surface area contributed by atoms with Gasteiger partial charge in [-0.2, -0.15) is 0 Å². The summed E-state index contributed by atoms with van der Waals surface area (Å²) < 4.78 is 6.55. The minimum atomic E-state index is 0.857. The molecule has 0 bridgehead atoms. The Morgan fingerprint density at radius 3 is 1.74 bits per heavy atom. The molecule has 2 aromatic heterocycles. The van der Waals surface area contributed by atoms with Crippen LogP contribution in [0.25, 0.3) is 98.8 Å². The number of furan rings is 1.